The van der Waals surface area contributed by atoms with Gasteiger partial charge < -0.3 is 15.4 Å². The number of carbonyl (C=O) groups excluding carboxylic acids is 1. The maximum absolute atomic E-state index is 12.3. The lowest BCUT2D eigenvalue weighted by atomic mass is 10.0. The van der Waals surface area contributed by atoms with E-state index in [1.165, 1.54) is 0 Å². The van der Waals surface area contributed by atoms with Gasteiger partial charge in [0.25, 0.3) is 0 Å². The van der Waals surface area contributed by atoms with Gasteiger partial charge in [-0.1, -0.05) is 50.9 Å². The van der Waals surface area contributed by atoms with Gasteiger partial charge in [0.1, 0.15) is 5.75 Å². The number of nitrogens with one attached hydrogen (secondary N) is 2. The van der Waals surface area contributed by atoms with E-state index in [-0.39, 0.29) is 11.7 Å². The van der Waals surface area contributed by atoms with E-state index in [4.69, 9.17) is 23.2 Å². The molecule has 2 heterocycles. The number of aromatic amines is 1. The van der Waals surface area contributed by atoms with Crippen LogP contribution < -0.4 is 5.32 Å². The van der Waals surface area contributed by atoms with Crippen LogP contribution in [-0.2, 0) is 17.8 Å². The standard InChI is InChI=1S/C19H17Cl2N3O2.2C2H6/c20-11-1-3-12(4-2-11)22-17(25)10-24-8-7-13-16(9-24)23-15-6-5-14(21)19(26)18(13)15;2*1-2/h1-6,23,26H,7-10H2,(H,22,25);2*1-2H3. The zero-order chi connectivity index (χ0) is 22.3. The van der Waals surface area contributed by atoms with Gasteiger partial charge in [0.2, 0.25) is 5.91 Å². The van der Waals surface area contributed by atoms with Crippen LogP contribution in [0.15, 0.2) is 36.4 Å². The number of aromatic nitrogens is 1. The molecule has 0 bridgehead atoms. The van der Waals surface area contributed by atoms with Gasteiger partial charge in [-0.3, -0.25) is 9.69 Å². The van der Waals surface area contributed by atoms with E-state index in [0.29, 0.717) is 23.1 Å². The minimum absolute atomic E-state index is 0.0715. The van der Waals surface area contributed by atoms with Crippen molar-refractivity contribution in [3.8, 4) is 5.75 Å². The number of hydrogen-bond acceptors (Lipinski definition) is 3. The minimum atomic E-state index is -0.0715. The number of rotatable bonds is 3. The third kappa shape index (κ3) is 5.48. The summed E-state index contributed by atoms with van der Waals surface area (Å²) in [7, 11) is 0. The Labute approximate surface area is 188 Å². The van der Waals surface area contributed by atoms with E-state index in [2.05, 4.69) is 15.2 Å². The molecule has 1 aromatic heterocycles. The third-order valence-corrected chi connectivity index (χ3v) is 5.19. The molecule has 2 aromatic carbocycles. The summed E-state index contributed by atoms with van der Waals surface area (Å²) in [6.45, 7) is 9.65. The first kappa shape index (κ1) is 24.1. The van der Waals surface area contributed by atoms with Crippen molar-refractivity contribution in [3.63, 3.8) is 0 Å². The van der Waals surface area contributed by atoms with Gasteiger partial charge in [0.15, 0.2) is 0 Å². The van der Waals surface area contributed by atoms with Crippen LogP contribution in [-0.4, -0.2) is 34.0 Å². The van der Waals surface area contributed by atoms with Gasteiger partial charge >= 0.3 is 0 Å². The Morgan fingerprint density at radius 2 is 1.77 bits per heavy atom. The van der Waals surface area contributed by atoms with Crippen LogP contribution >= 0.6 is 23.2 Å². The summed E-state index contributed by atoms with van der Waals surface area (Å²) in [4.78, 5) is 17.7. The Kier molecular flexibility index (Phi) is 9.03. The van der Waals surface area contributed by atoms with Crippen molar-refractivity contribution in [2.45, 2.75) is 40.7 Å². The second-order valence-electron chi connectivity index (χ2n) is 6.42. The van der Waals surface area contributed by atoms with Gasteiger partial charge in [0, 0.05) is 40.4 Å². The quantitative estimate of drug-likeness (QED) is 0.443. The lowest BCUT2D eigenvalue weighted by molar-refractivity contribution is -0.117. The van der Waals surface area contributed by atoms with Crippen molar-refractivity contribution in [1.29, 1.82) is 0 Å². The number of phenolic OH excluding ortho intramolecular Hbond substituents is 1. The molecule has 3 N–H and O–H groups in total. The summed E-state index contributed by atoms with van der Waals surface area (Å²) in [6.07, 6.45) is 0.747. The van der Waals surface area contributed by atoms with E-state index < -0.39 is 0 Å². The summed E-state index contributed by atoms with van der Waals surface area (Å²) in [5, 5.41) is 14.9. The Morgan fingerprint density at radius 3 is 2.43 bits per heavy atom. The molecular formula is C23H29Cl2N3O2. The van der Waals surface area contributed by atoms with Crippen LogP contribution in [0.2, 0.25) is 10.0 Å². The molecule has 0 saturated carbocycles. The third-order valence-electron chi connectivity index (χ3n) is 4.64. The van der Waals surface area contributed by atoms with Gasteiger partial charge in [0.05, 0.1) is 11.6 Å². The molecule has 30 heavy (non-hydrogen) atoms. The van der Waals surface area contributed by atoms with Crippen LogP contribution in [0.25, 0.3) is 10.9 Å². The van der Waals surface area contributed by atoms with Crippen molar-refractivity contribution < 1.29 is 9.90 Å². The molecule has 4 rings (SSSR count). The van der Waals surface area contributed by atoms with E-state index in [9.17, 15) is 9.90 Å². The molecule has 0 radical (unpaired) electrons. The number of amides is 1. The van der Waals surface area contributed by atoms with Crippen LogP contribution in [0.4, 0.5) is 5.69 Å². The molecule has 162 valence electrons. The molecular weight excluding hydrogens is 421 g/mol. The Bertz CT molecular complexity index is 984. The largest absolute Gasteiger partial charge is 0.506 e. The maximum Gasteiger partial charge on any atom is 0.238 e. The van der Waals surface area contributed by atoms with E-state index >= 15 is 0 Å². The second kappa shape index (κ2) is 11.3. The Hall–Kier alpha value is -2.21. The first-order valence-electron chi connectivity index (χ1n) is 10.3. The highest BCUT2D eigenvalue weighted by Crippen LogP contribution is 2.37. The first-order valence-corrected chi connectivity index (χ1v) is 11.1. The Balaban J connectivity index is 0.000000757. The lowest BCUT2D eigenvalue weighted by Gasteiger charge is -2.26. The number of nitrogens with zero attached hydrogens (tertiary/aromatic N) is 1. The fourth-order valence-corrected chi connectivity index (χ4v) is 3.70. The highest BCUT2D eigenvalue weighted by atomic mass is 35.5. The Morgan fingerprint density at radius 1 is 1.10 bits per heavy atom. The van der Waals surface area contributed by atoms with Gasteiger partial charge in [-0.05, 0) is 48.4 Å². The van der Waals surface area contributed by atoms with Gasteiger partial charge in [-0.15, -0.1) is 0 Å². The van der Waals surface area contributed by atoms with Crippen LogP contribution in [0, 0.1) is 0 Å². The number of anilines is 1. The predicted octanol–water partition coefficient (Wildman–Crippen LogP) is 6.23. The van der Waals surface area contributed by atoms with Crippen LogP contribution in [0.5, 0.6) is 5.75 Å². The second-order valence-corrected chi connectivity index (χ2v) is 7.26. The topological polar surface area (TPSA) is 68.4 Å². The minimum Gasteiger partial charge on any atom is -0.506 e. The summed E-state index contributed by atoms with van der Waals surface area (Å²) < 4.78 is 0. The van der Waals surface area contributed by atoms with Crippen LogP contribution in [0.1, 0.15) is 39.0 Å². The molecule has 0 saturated heterocycles. The maximum atomic E-state index is 12.3. The molecule has 1 aliphatic rings. The summed E-state index contributed by atoms with van der Waals surface area (Å²) in [5.74, 6) is 0.0494. The summed E-state index contributed by atoms with van der Waals surface area (Å²) in [5.41, 5.74) is 3.68. The van der Waals surface area contributed by atoms with Crippen molar-refractivity contribution in [2.24, 2.45) is 0 Å². The summed E-state index contributed by atoms with van der Waals surface area (Å²) in [6, 6.07) is 10.6. The van der Waals surface area contributed by atoms with Crippen molar-refractivity contribution in [2.75, 3.05) is 18.4 Å². The average molecular weight is 450 g/mol. The molecule has 0 spiro atoms. The number of carbonyl (C=O) groups is 1. The SMILES string of the molecule is CC.CC.O=C(CN1CCc2c([nH]c3ccc(Cl)c(O)c23)C1)Nc1ccc(Cl)cc1. The molecule has 3 aromatic rings. The zero-order valence-corrected chi connectivity index (χ0v) is 19.4. The number of benzene rings is 2. The lowest BCUT2D eigenvalue weighted by Crippen LogP contribution is -2.37. The number of fused-ring (bicyclic) bond motifs is 3. The smallest absolute Gasteiger partial charge is 0.238 e. The number of halogens is 2. The summed E-state index contributed by atoms with van der Waals surface area (Å²) >= 11 is 11.9. The number of H-pyrrole nitrogens is 1. The molecule has 7 heteroatoms. The fourth-order valence-electron chi connectivity index (χ4n) is 3.42. The van der Waals surface area contributed by atoms with Gasteiger partial charge in [-0.2, -0.15) is 0 Å². The highest BCUT2D eigenvalue weighted by Gasteiger charge is 2.24. The number of hydrogen-bond donors (Lipinski definition) is 3. The molecule has 0 unspecified atom stereocenters. The molecule has 0 aliphatic carbocycles. The van der Waals surface area contributed by atoms with Gasteiger partial charge in [-0.25, -0.2) is 0 Å². The van der Waals surface area contributed by atoms with Crippen molar-refractivity contribution in [3.05, 3.63) is 57.7 Å². The highest BCUT2D eigenvalue weighted by molar-refractivity contribution is 6.33. The van der Waals surface area contributed by atoms with Crippen molar-refractivity contribution in [1.82, 2.24) is 9.88 Å². The predicted molar refractivity (Wildman–Crippen MR) is 127 cm³/mol. The average Bonchev–Trinajstić information content (AvgIpc) is 3.13. The van der Waals surface area contributed by atoms with E-state index in [1.807, 2.05) is 33.8 Å². The molecule has 0 fully saturated rings. The fraction of sp³-hybridized carbons (Fsp3) is 0.348. The molecule has 5 nitrogen and oxygen atoms in total. The molecule has 1 amide bonds. The normalized spacial score (nSPS) is 12.9. The molecule has 1 aliphatic heterocycles. The van der Waals surface area contributed by atoms with E-state index in [0.717, 1.165) is 40.8 Å². The zero-order valence-electron chi connectivity index (χ0n) is 17.9. The van der Waals surface area contributed by atoms with E-state index in [1.54, 1.807) is 30.3 Å². The molecule has 0 atom stereocenters. The van der Waals surface area contributed by atoms with Crippen LogP contribution in [0.3, 0.4) is 0 Å². The number of aromatic hydroxyl groups is 1. The monoisotopic (exact) mass is 449 g/mol. The van der Waals surface area contributed by atoms with Crippen molar-refractivity contribution >= 4 is 45.7 Å². The number of phenols is 1. The first-order chi connectivity index (χ1) is 14.5.